The van der Waals surface area contributed by atoms with Crippen molar-refractivity contribution in [2.75, 3.05) is 33.3 Å². The van der Waals surface area contributed by atoms with Crippen LogP contribution in [0.25, 0.3) is 0 Å². The Hall–Kier alpha value is -2.47. The molecular formula is C19H22FN3O2. The van der Waals surface area contributed by atoms with Crippen molar-refractivity contribution in [3.05, 3.63) is 59.2 Å². The molecule has 1 aliphatic rings. The number of carbonyl (C=O) groups excluding carboxylic acids is 1. The van der Waals surface area contributed by atoms with E-state index in [-0.39, 0.29) is 11.7 Å². The Labute approximate surface area is 147 Å². The molecule has 0 N–H and O–H groups in total. The quantitative estimate of drug-likeness (QED) is 0.856. The molecule has 0 spiro atoms. The zero-order valence-electron chi connectivity index (χ0n) is 14.5. The molecule has 2 heterocycles. The summed E-state index contributed by atoms with van der Waals surface area (Å²) in [5.41, 5.74) is 2.50. The van der Waals surface area contributed by atoms with Crippen molar-refractivity contribution in [2.45, 2.75) is 13.5 Å². The van der Waals surface area contributed by atoms with E-state index in [2.05, 4.69) is 9.88 Å². The van der Waals surface area contributed by atoms with E-state index in [4.69, 9.17) is 4.74 Å². The molecule has 0 unspecified atom stereocenters. The van der Waals surface area contributed by atoms with Crippen molar-refractivity contribution in [2.24, 2.45) is 0 Å². The molecule has 1 aromatic heterocycles. The van der Waals surface area contributed by atoms with E-state index in [1.54, 1.807) is 19.2 Å². The van der Waals surface area contributed by atoms with Gasteiger partial charge in [-0.3, -0.25) is 14.7 Å². The summed E-state index contributed by atoms with van der Waals surface area (Å²) in [6, 6.07) is 8.67. The number of benzene rings is 1. The van der Waals surface area contributed by atoms with Crippen LogP contribution in [0.15, 0.2) is 36.5 Å². The topological polar surface area (TPSA) is 45.7 Å². The molecule has 0 saturated carbocycles. The number of rotatable bonds is 4. The number of amides is 1. The summed E-state index contributed by atoms with van der Waals surface area (Å²) in [4.78, 5) is 20.9. The number of piperazine rings is 1. The van der Waals surface area contributed by atoms with Gasteiger partial charge >= 0.3 is 0 Å². The molecule has 2 aromatic rings. The maximum absolute atomic E-state index is 12.9. The zero-order valence-corrected chi connectivity index (χ0v) is 14.5. The van der Waals surface area contributed by atoms with E-state index in [9.17, 15) is 9.18 Å². The molecule has 1 fully saturated rings. The number of aromatic nitrogens is 1. The van der Waals surface area contributed by atoms with Crippen molar-refractivity contribution in [1.29, 1.82) is 0 Å². The molecule has 3 rings (SSSR count). The predicted octanol–water partition coefficient (Wildman–Crippen LogP) is 2.50. The molecular weight excluding hydrogens is 321 g/mol. The number of hydrogen-bond donors (Lipinski definition) is 0. The van der Waals surface area contributed by atoms with Crippen molar-refractivity contribution >= 4 is 5.91 Å². The van der Waals surface area contributed by atoms with Crippen molar-refractivity contribution < 1.29 is 13.9 Å². The van der Waals surface area contributed by atoms with Crippen LogP contribution in [-0.4, -0.2) is 54.0 Å². The predicted molar refractivity (Wildman–Crippen MR) is 93.1 cm³/mol. The highest BCUT2D eigenvalue weighted by atomic mass is 19.1. The van der Waals surface area contributed by atoms with E-state index in [0.717, 1.165) is 30.1 Å². The molecule has 1 aromatic carbocycles. The summed E-state index contributed by atoms with van der Waals surface area (Å²) in [7, 11) is 1.61. The number of methoxy groups -OCH3 is 1. The lowest BCUT2D eigenvalue weighted by atomic mass is 10.1. The molecule has 1 saturated heterocycles. The first-order valence-electron chi connectivity index (χ1n) is 8.33. The van der Waals surface area contributed by atoms with Gasteiger partial charge in [0.1, 0.15) is 11.6 Å². The summed E-state index contributed by atoms with van der Waals surface area (Å²) in [5.74, 6) is 0.428. The van der Waals surface area contributed by atoms with Gasteiger partial charge in [0.2, 0.25) is 0 Å². The monoisotopic (exact) mass is 343 g/mol. The van der Waals surface area contributed by atoms with E-state index in [1.165, 1.54) is 12.3 Å². The van der Waals surface area contributed by atoms with E-state index in [0.29, 0.717) is 25.2 Å². The highest BCUT2D eigenvalue weighted by Crippen LogP contribution is 2.20. The fraction of sp³-hybridized carbons (Fsp3) is 0.368. The highest BCUT2D eigenvalue weighted by Gasteiger charge is 2.23. The summed E-state index contributed by atoms with van der Waals surface area (Å²) >= 11 is 0. The largest absolute Gasteiger partial charge is 0.496 e. The van der Waals surface area contributed by atoms with Gasteiger partial charge in [0.25, 0.3) is 5.91 Å². The van der Waals surface area contributed by atoms with Gasteiger partial charge in [-0.05, 0) is 36.8 Å². The van der Waals surface area contributed by atoms with Gasteiger partial charge in [-0.15, -0.1) is 0 Å². The van der Waals surface area contributed by atoms with Crippen molar-refractivity contribution in [3.63, 3.8) is 0 Å². The first-order chi connectivity index (χ1) is 12.1. The second-order valence-electron chi connectivity index (χ2n) is 6.22. The van der Waals surface area contributed by atoms with Gasteiger partial charge in [0, 0.05) is 38.3 Å². The molecule has 0 atom stereocenters. The average Bonchev–Trinajstić information content (AvgIpc) is 2.64. The van der Waals surface area contributed by atoms with Gasteiger partial charge in [0.15, 0.2) is 0 Å². The Balaban J connectivity index is 1.58. The molecule has 1 aliphatic heterocycles. The minimum Gasteiger partial charge on any atom is -0.496 e. The lowest BCUT2D eigenvalue weighted by Crippen LogP contribution is -2.48. The maximum Gasteiger partial charge on any atom is 0.254 e. The van der Waals surface area contributed by atoms with Crippen LogP contribution in [-0.2, 0) is 6.54 Å². The molecule has 6 heteroatoms. The molecule has 25 heavy (non-hydrogen) atoms. The summed E-state index contributed by atoms with van der Waals surface area (Å²) in [5, 5.41) is 0. The maximum atomic E-state index is 12.9. The molecule has 0 radical (unpaired) electrons. The highest BCUT2D eigenvalue weighted by molar-refractivity contribution is 5.94. The van der Waals surface area contributed by atoms with Crippen molar-refractivity contribution in [3.8, 4) is 5.75 Å². The van der Waals surface area contributed by atoms with E-state index >= 15 is 0 Å². The fourth-order valence-electron chi connectivity index (χ4n) is 2.97. The third-order valence-corrected chi connectivity index (χ3v) is 4.49. The van der Waals surface area contributed by atoms with Crippen LogP contribution >= 0.6 is 0 Å². The number of pyridine rings is 1. The van der Waals surface area contributed by atoms with E-state index in [1.807, 2.05) is 24.0 Å². The molecule has 0 bridgehead atoms. The normalized spacial score (nSPS) is 15.2. The molecule has 132 valence electrons. The SMILES string of the molecule is COc1cc(C(=O)N2CCN(Cc3ccc(F)cn3)CC2)ccc1C. The van der Waals surface area contributed by atoms with Gasteiger partial charge < -0.3 is 9.64 Å². The minimum atomic E-state index is -0.326. The number of ether oxygens (including phenoxy) is 1. The number of hydrogen-bond acceptors (Lipinski definition) is 4. The standard InChI is InChI=1S/C19H22FN3O2/c1-14-3-4-15(11-18(14)25-2)19(24)23-9-7-22(8-10-23)13-17-6-5-16(20)12-21-17/h3-6,11-12H,7-10,13H2,1-2H3. The number of halogens is 1. The third kappa shape index (κ3) is 4.14. The van der Waals surface area contributed by atoms with Crippen LogP contribution in [0.2, 0.25) is 0 Å². The third-order valence-electron chi connectivity index (χ3n) is 4.49. The number of nitrogens with zero attached hydrogens (tertiary/aromatic N) is 3. The summed E-state index contributed by atoms with van der Waals surface area (Å²) in [6.45, 7) is 5.49. The molecule has 1 amide bonds. The Kier molecular flexibility index (Phi) is 5.28. The Morgan fingerprint density at radius 3 is 2.60 bits per heavy atom. The lowest BCUT2D eigenvalue weighted by molar-refractivity contribution is 0.0626. The fourth-order valence-corrected chi connectivity index (χ4v) is 2.97. The first kappa shape index (κ1) is 17.4. The smallest absolute Gasteiger partial charge is 0.254 e. The van der Waals surface area contributed by atoms with Crippen LogP contribution in [0.4, 0.5) is 4.39 Å². The second-order valence-corrected chi connectivity index (χ2v) is 6.22. The van der Waals surface area contributed by atoms with Crippen LogP contribution < -0.4 is 4.74 Å². The van der Waals surface area contributed by atoms with Crippen LogP contribution in [0, 0.1) is 12.7 Å². The minimum absolute atomic E-state index is 0.0258. The summed E-state index contributed by atoms with van der Waals surface area (Å²) < 4.78 is 18.2. The van der Waals surface area contributed by atoms with Gasteiger partial charge in [-0.2, -0.15) is 0 Å². The van der Waals surface area contributed by atoms with Gasteiger partial charge in [-0.1, -0.05) is 6.07 Å². The van der Waals surface area contributed by atoms with Crippen molar-refractivity contribution in [1.82, 2.24) is 14.8 Å². The van der Waals surface area contributed by atoms with Crippen LogP contribution in [0.3, 0.4) is 0 Å². The Morgan fingerprint density at radius 2 is 1.96 bits per heavy atom. The van der Waals surface area contributed by atoms with Crippen LogP contribution in [0.1, 0.15) is 21.6 Å². The van der Waals surface area contributed by atoms with E-state index < -0.39 is 0 Å². The lowest BCUT2D eigenvalue weighted by Gasteiger charge is -2.34. The number of aryl methyl sites for hydroxylation is 1. The molecule has 0 aliphatic carbocycles. The molecule has 5 nitrogen and oxygen atoms in total. The second kappa shape index (κ2) is 7.61. The Bertz CT molecular complexity index is 741. The number of carbonyl (C=O) groups is 1. The first-order valence-corrected chi connectivity index (χ1v) is 8.33. The van der Waals surface area contributed by atoms with Gasteiger partial charge in [0.05, 0.1) is 19.0 Å². The van der Waals surface area contributed by atoms with Gasteiger partial charge in [-0.25, -0.2) is 4.39 Å². The average molecular weight is 343 g/mol. The van der Waals surface area contributed by atoms with Crippen LogP contribution in [0.5, 0.6) is 5.75 Å². The zero-order chi connectivity index (χ0) is 17.8. The Morgan fingerprint density at radius 1 is 1.20 bits per heavy atom. The summed E-state index contributed by atoms with van der Waals surface area (Å²) in [6.07, 6.45) is 1.24.